The molecule has 0 aromatic heterocycles. The van der Waals surface area contributed by atoms with Crippen LogP contribution in [-0.2, 0) is 0 Å². The van der Waals surface area contributed by atoms with Gasteiger partial charge in [0.05, 0.1) is 11.3 Å². The Morgan fingerprint density at radius 2 is 1.94 bits per heavy atom. The van der Waals surface area contributed by atoms with Gasteiger partial charge in [-0.2, -0.15) is 0 Å². The monoisotopic (exact) mass is 213 g/mol. The number of fused-ring (bicyclic) bond motifs is 1. The second-order valence-electron chi connectivity index (χ2n) is 3.24. The average molecular weight is 213 g/mol. The van der Waals surface area contributed by atoms with Crippen LogP contribution in [0, 0.1) is 0 Å². The van der Waals surface area contributed by atoms with Crippen molar-refractivity contribution in [1.29, 1.82) is 0 Å². The summed E-state index contributed by atoms with van der Waals surface area (Å²) in [5.74, 6) is 0.808. The number of amides is 1. The Balaban J connectivity index is 2.55. The molecular formula is C13H11NO2. The zero-order valence-corrected chi connectivity index (χ0v) is 8.69. The highest BCUT2D eigenvalue weighted by Crippen LogP contribution is 2.24. The van der Waals surface area contributed by atoms with E-state index in [0.717, 1.165) is 0 Å². The first-order valence-electron chi connectivity index (χ1n) is 4.83. The molecule has 1 aliphatic heterocycles. The number of hydrogen-bond donors (Lipinski definition) is 1. The zero-order chi connectivity index (χ0) is 11.5. The lowest BCUT2D eigenvalue weighted by atomic mass is 10.2. The maximum Gasteiger partial charge on any atom is 0.259 e. The molecule has 1 aromatic carbocycles. The Morgan fingerprint density at radius 1 is 1.19 bits per heavy atom. The van der Waals surface area contributed by atoms with E-state index in [1.54, 1.807) is 24.3 Å². The van der Waals surface area contributed by atoms with Crippen LogP contribution in [0.2, 0.25) is 0 Å². The smallest absolute Gasteiger partial charge is 0.259 e. The van der Waals surface area contributed by atoms with Crippen molar-refractivity contribution in [2.24, 2.45) is 0 Å². The second kappa shape index (κ2) is 4.06. The van der Waals surface area contributed by atoms with Gasteiger partial charge in [-0.15, -0.1) is 0 Å². The molecular weight excluding hydrogens is 202 g/mol. The summed E-state index contributed by atoms with van der Waals surface area (Å²) in [5.41, 5.74) is 1.02. The van der Waals surface area contributed by atoms with Crippen molar-refractivity contribution >= 4 is 5.91 Å². The number of para-hydroxylation sites is 1. The van der Waals surface area contributed by atoms with E-state index in [1.165, 1.54) is 6.08 Å². The molecule has 80 valence electrons. The molecule has 2 rings (SSSR count). The maximum absolute atomic E-state index is 11.8. The molecule has 1 aliphatic rings. The first-order chi connectivity index (χ1) is 7.76. The largest absolute Gasteiger partial charge is 0.454 e. The first kappa shape index (κ1) is 10.2. The molecule has 0 radical (unpaired) electrons. The summed E-state index contributed by atoms with van der Waals surface area (Å²) in [6.07, 6.45) is 3.07. The minimum Gasteiger partial charge on any atom is -0.454 e. The topological polar surface area (TPSA) is 38.3 Å². The van der Waals surface area contributed by atoms with Crippen LogP contribution in [0.4, 0.5) is 0 Å². The Hall–Kier alpha value is -2.29. The van der Waals surface area contributed by atoms with E-state index in [2.05, 4.69) is 18.5 Å². The molecule has 0 saturated heterocycles. The van der Waals surface area contributed by atoms with Gasteiger partial charge in [0.25, 0.3) is 5.91 Å². The van der Waals surface area contributed by atoms with E-state index in [0.29, 0.717) is 22.8 Å². The molecule has 0 saturated carbocycles. The van der Waals surface area contributed by atoms with E-state index in [4.69, 9.17) is 4.74 Å². The lowest BCUT2D eigenvalue weighted by Gasteiger charge is -2.06. The molecule has 0 spiro atoms. The molecule has 1 aromatic rings. The normalized spacial score (nSPS) is 14.4. The number of carbonyl (C=O) groups is 1. The fourth-order valence-electron chi connectivity index (χ4n) is 1.47. The van der Waals surface area contributed by atoms with Gasteiger partial charge in [0, 0.05) is 0 Å². The Morgan fingerprint density at radius 3 is 2.62 bits per heavy atom. The maximum atomic E-state index is 11.8. The standard InChI is InChI=1S/C13H11NO2/c1-3-10-11(4-2)16-12-8-6-5-7-9(12)13(15)14-10/h3-8H,1-2H2,(H,14,15). The van der Waals surface area contributed by atoms with Crippen molar-refractivity contribution in [3.05, 3.63) is 66.6 Å². The number of carbonyl (C=O) groups excluding carboxylic acids is 1. The third-order valence-corrected chi connectivity index (χ3v) is 2.25. The minimum absolute atomic E-state index is 0.206. The molecule has 3 nitrogen and oxygen atoms in total. The van der Waals surface area contributed by atoms with E-state index in [-0.39, 0.29) is 5.91 Å². The number of rotatable bonds is 2. The van der Waals surface area contributed by atoms with Gasteiger partial charge in [-0.25, -0.2) is 0 Å². The minimum atomic E-state index is -0.206. The van der Waals surface area contributed by atoms with E-state index < -0.39 is 0 Å². The third kappa shape index (κ3) is 1.63. The fourth-order valence-corrected chi connectivity index (χ4v) is 1.47. The van der Waals surface area contributed by atoms with Crippen LogP contribution in [0.3, 0.4) is 0 Å². The summed E-state index contributed by atoms with van der Waals surface area (Å²) in [6.45, 7) is 7.26. The lowest BCUT2D eigenvalue weighted by Crippen LogP contribution is -2.21. The molecule has 0 unspecified atom stereocenters. The van der Waals surface area contributed by atoms with Gasteiger partial charge < -0.3 is 10.1 Å². The molecule has 0 aliphatic carbocycles. The van der Waals surface area contributed by atoms with Crippen LogP contribution in [-0.4, -0.2) is 5.91 Å². The summed E-state index contributed by atoms with van der Waals surface area (Å²) in [6, 6.07) is 7.04. The zero-order valence-electron chi connectivity index (χ0n) is 8.69. The summed E-state index contributed by atoms with van der Waals surface area (Å²) >= 11 is 0. The van der Waals surface area contributed by atoms with Crippen LogP contribution >= 0.6 is 0 Å². The number of allylic oxidation sites excluding steroid dienone is 2. The van der Waals surface area contributed by atoms with Crippen LogP contribution in [0.5, 0.6) is 5.75 Å². The highest BCUT2D eigenvalue weighted by molar-refractivity contribution is 5.98. The van der Waals surface area contributed by atoms with Crippen molar-refractivity contribution < 1.29 is 9.53 Å². The Labute approximate surface area is 93.7 Å². The predicted molar refractivity (Wildman–Crippen MR) is 62.0 cm³/mol. The molecule has 1 amide bonds. The van der Waals surface area contributed by atoms with Gasteiger partial charge in [0.1, 0.15) is 11.5 Å². The van der Waals surface area contributed by atoms with E-state index in [9.17, 15) is 4.79 Å². The van der Waals surface area contributed by atoms with Crippen LogP contribution < -0.4 is 10.1 Å². The number of ether oxygens (including phenoxy) is 1. The second-order valence-corrected chi connectivity index (χ2v) is 3.24. The lowest BCUT2D eigenvalue weighted by molar-refractivity contribution is 0.0967. The molecule has 0 fully saturated rings. The number of hydrogen-bond acceptors (Lipinski definition) is 2. The molecule has 0 atom stereocenters. The quantitative estimate of drug-likeness (QED) is 0.819. The SMILES string of the molecule is C=CC1=C(C=C)Oc2ccccc2C(=O)N1. The molecule has 16 heavy (non-hydrogen) atoms. The van der Waals surface area contributed by atoms with Crippen LogP contribution in [0.15, 0.2) is 61.0 Å². The van der Waals surface area contributed by atoms with Crippen molar-refractivity contribution in [1.82, 2.24) is 5.32 Å². The van der Waals surface area contributed by atoms with Crippen molar-refractivity contribution in [2.75, 3.05) is 0 Å². The Bertz CT molecular complexity index is 500. The number of benzene rings is 1. The van der Waals surface area contributed by atoms with Gasteiger partial charge in [-0.1, -0.05) is 25.3 Å². The van der Waals surface area contributed by atoms with Crippen LogP contribution in [0.25, 0.3) is 0 Å². The first-order valence-corrected chi connectivity index (χ1v) is 4.83. The fraction of sp³-hybridized carbons (Fsp3) is 0. The highest BCUT2D eigenvalue weighted by Gasteiger charge is 2.19. The van der Waals surface area contributed by atoms with Gasteiger partial charge in [-0.05, 0) is 24.3 Å². The summed E-state index contributed by atoms with van der Waals surface area (Å²) < 4.78 is 5.59. The van der Waals surface area contributed by atoms with E-state index in [1.807, 2.05) is 6.07 Å². The number of nitrogens with one attached hydrogen (secondary N) is 1. The van der Waals surface area contributed by atoms with Gasteiger partial charge >= 0.3 is 0 Å². The molecule has 1 N–H and O–H groups in total. The van der Waals surface area contributed by atoms with E-state index >= 15 is 0 Å². The van der Waals surface area contributed by atoms with Crippen molar-refractivity contribution in [3.8, 4) is 5.75 Å². The predicted octanol–water partition coefficient (Wildman–Crippen LogP) is 2.39. The highest BCUT2D eigenvalue weighted by atomic mass is 16.5. The van der Waals surface area contributed by atoms with Crippen molar-refractivity contribution in [3.63, 3.8) is 0 Å². The molecule has 1 heterocycles. The van der Waals surface area contributed by atoms with Gasteiger partial charge in [-0.3, -0.25) is 4.79 Å². The third-order valence-electron chi connectivity index (χ3n) is 2.25. The average Bonchev–Trinajstić information content (AvgIpc) is 2.46. The Kier molecular flexibility index (Phi) is 2.60. The van der Waals surface area contributed by atoms with Crippen LogP contribution in [0.1, 0.15) is 10.4 Å². The summed E-state index contributed by atoms with van der Waals surface area (Å²) in [7, 11) is 0. The molecule has 3 heteroatoms. The summed E-state index contributed by atoms with van der Waals surface area (Å²) in [5, 5.41) is 2.71. The summed E-state index contributed by atoms with van der Waals surface area (Å²) in [4.78, 5) is 11.8. The van der Waals surface area contributed by atoms with Gasteiger partial charge in [0.2, 0.25) is 0 Å². The molecule has 0 bridgehead atoms. The van der Waals surface area contributed by atoms with Crippen molar-refractivity contribution in [2.45, 2.75) is 0 Å². The van der Waals surface area contributed by atoms with Gasteiger partial charge in [0.15, 0.2) is 0 Å².